The molecule has 0 aliphatic rings. The minimum atomic E-state index is -0.519. The fourth-order valence-corrected chi connectivity index (χ4v) is 1.29. The molecule has 1 rings (SSSR count). The van der Waals surface area contributed by atoms with Crippen molar-refractivity contribution in [1.82, 2.24) is 4.98 Å². The lowest BCUT2D eigenvalue weighted by Gasteiger charge is -2.04. The Balaban J connectivity index is 3.25. The summed E-state index contributed by atoms with van der Waals surface area (Å²) >= 11 is 0. The summed E-state index contributed by atoms with van der Waals surface area (Å²) in [7, 11) is 1.34. The van der Waals surface area contributed by atoms with Gasteiger partial charge in [0, 0.05) is 24.7 Å². The lowest BCUT2D eigenvalue weighted by Crippen LogP contribution is -2.01. The molecule has 6 heteroatoms. The van der Waals surface area contributed by atoms with Gasteiger partial charge in [0.1, 0.15) is 0 Å². The third-order valence-corrected chi connectivity index (χ3v) is 2.14. The van der Waals surface area contributed by atoms with Crippen LogP contribution in [0.15, 0.2) is 6.20 Å². The standard InChI is InChI=1S/C11H13N3O3/c1-8-9(5-3-4-6-12)7-13-11(17-2)10(8)14(15)16/h7H,4,6,12H2,1-2H3. The first kappa shape index (κ1) is 12.9. The van der Waals surface area contributed by atoms with Crippen molar-refractivity contribution >= 4 is 5.69 Å². The van der Waals surface area contributed by atoms with Crippen LogP contribution in [0.5, 0.6) is 5.88 Å². The van der Waals surface area contributed by atoms with Gasteiger partial charge in [-0.25, -0.2) is 4.98 Å². The van der Waals surface area contributed by atoms with Gasteiger partial charge in [0.25, 0.3) is 5.88 Å². The lowest BCUT2D eigenvalue weighted by atomic mass is 10.1. The van der Waals surface area contributed by atoms with Crippen molar-refractivity contribution in [2.75, 3.05) is 13.7 Å². The maximum Gasteiger partial charge on any atom is 0.335 e. The second kappa shape index (κ2) is 5.82. The Labute approximate surface area is 98.9 Å². The van der Waals surface area contributed by atoms with E-state index in [2.05, 4.69) is 16.8 Å². The smallest absolute Gasteiger partial charge is 0.335 e. The molecule has 0 aliphatic heterocycles. The summed E-state index contributed by atoms with van der Waals surface area (Å²) in [5, 5.41) is 10.9. The molecule has 1 aromatic heterocycles. The number of aromatic nitrogens is 1. The van der Waals surface area contributed by atoms with Crippen molar-refractivity contribution in [3.63, 3.8) is 0 Å². The van der Waals surface area contributed by atoms with E-state index in [-0.39, 0.29) is 11.6 Å². The molecular formula is C11H13N3O3. The predicted molar refractivity (Wildman–Crippen MR) is 62.7 cm³/mol. The molecule has 0 aromatic carbocycles. The molecule has 0 fully saturated rings. The molecule has 6 nitrogen and oxygen atoms in total. The molecule has 90 valence electrons. The fourth-order valence-electron chi connectivity index (χ4n) is 1.29. The third kappa shape index (κ3) is 2.92. The van der Waals surface area contributed by atoms with Gasteiger partial charge in [-0.05, 0) is 6.92 Å². The van der Waals surface area contributed by atoms with E-state index in [1.54, 1.807) is 6.92 Å². The largest absolute Gasteiger partial charge is 0.476 e. The second-order valence-corrected chi connectivity index (χ2v) is 3.25. The van der Waals surface area contributed by atoms with E-state index in [9.17, 15) is 10.1 Å². The summed E-state index contributed by atoms with van der Waals surface area (Å²) in [6.07, 6.45) is 2.00. The zero-order chi connectivity index (χ0) is 12.8. The first-order valence-corrected chi connectivity index (χ1v) is 4.98. The van der Waals surface area contributed by atoms with Crippen LogP contribution in [0.4, 0.5) is 5.69 Å². The molecule has 2 N–H and O–H groups in total. The van der Waals surface area contributed by atoms with Gasteiger partial charge in [0.05, 0.1) is 17.6 Å². The molecule has 17 heavy (non-hydrogen) atoms. The number of methoxy groups -OCH3 is 1. The molecule has 0 saturated heterocycles. The van der Waals surface area contributed by atoms with Gasteiger partial charge >= 0.3 is 5.69 Å². The van der Waals surface area contributed by atoms with E-state index in [1.165, 1.54) is 13.3 Å². The Morgan fingerprint density at radius 1 is 1.65 bits per heavy atom. The third-order valence-electron chi connectivity index (χ3n) is 2.14. The van der Waals surface area contributed by atoms with Gasteiger partial charge in [-0.2, -0.15) is 0 Å². The number of pyridine rings is 1. The van der Waals surface area contributed by atoms with Crippen LogP contribution in [0.1, 0.15) is 17.5 Å². The minimum Gasteiger partial charge on any atom is -0.476 e. The highest BCUT2D eigenvalue weighted by Crippen LogP contribution is 2.29. The SMILES string of the molecule is COc1ncc(C#CCCN)c(C)c1[N+](=O)[O-]. The monoisotopic (exact) mass is 235 g/mol. The van der Waals surface area contributed by atoms with Crippen molar-refractivity contribution in [2.45, 2.75) is 13.3 Å². The topological polar surface area (TPSA) is 91.3 Å². The van der Waals surface area contributed by atoms with Gasteiger partial charge in [-0.15, -0.1) is 0 Å². The molecular weight excluding hydrogens is 222 g/mol. The molecule has 0 saturated carbocycles. The average Bonchev–Trinajstić information content (AvgIpc) is 2.30. The zero-order valence-electron chi connectivity index (χ0n) is 9.69. The summed E-state index contributed by atoms with van der Waals surface area (Å²) < 4.78 is 4.85. The summed E-state index contributed by atoms with van der Waals surface area (Å²) in [6, 6.07) is 0. The molecule has 0 aliphatic carbocycles. The molecule has 0 atom stereocenters. The van der Waals surface area contributed by atoms with E-state index < -0.39 is 4.92 Å². The zero-order valence-corrected chi connectivity index (χ0v) is 9.69. The van der Waals surface area contributed by atoms with Crippen LogP contribution in [-0.4, -0.2) is 23.6 Å². The molecule has 0 radical (unpaired) electrons. The van der Waals surface area contributed by atoms with Crippen molar-refractivity contribution in [3.05, 3.63) is 27.4 Å². The van der Waals surface area contributed by atoms with Crippen molar-refractivity contribution in [3.8, 4) is 17.7 Å². The molecule has 0 bridgehead atoms. The number of rotatable bonds is 3. The van der Waals surface area contributed by atoms with E-state index in [4.69, 9.17) is 10.5 Å². The van der Waals surface area contributed by atoms with Crippen LogP contribution >= 0.6 is 0 Å². The van der Waals surface area contributed by atoms with Crippen LogP contribution in [0.2, 0.25) is 0 Å². The van der Waals surface area contributed by atoms with E-state index in [0.29, 0.717) is 24.1 Å². The Kier molecular flexibility index (Phi) is 4.43. The first-order valence-electron chi connectivity index (χ1n) is 4.98. The van der Waals surface area contributed by atoms with E-state index >= 15 is 0 Å². The summed E-state index contributed by atoms with van der Waals surface area (Å²) in [5.41, 5.74) is 6.13. The number of hydrogen-bond acceptors (Lipinski definition) is 5. The second-order valence-electron chi connectivity index (χ2n) is 3.25. The van der Waals surface area contributed by atoms with Crippen molar-refractivity contribution < 1.29 is 9.66 Å². The van der Waals surface area contributed by atoms with Crippen molar-refractivity contribution in [2.24, 2.45) is 5.73 Å². The average molecular weight is 235 g/mol. The van der Waals surface area contributed by atoms with Crippen LogP contribution in [-0.2, 0) is 0 Å². The van der Waals surface area contributed by atoms with Gasteiger partial charge in [-0.3, -0.25) is 10.1 Å². The number of nitrogens with zero attached hydrogens (tertiary/aromatic N) is 2. The highest BCUT2D eigenvalue weighted by atomic mass is 16.6. The van der Waals surface area contributed by atoms with Crippen LogP contribution in [0.25, 0.3) is 0 Å². The Hall–Kier alpha value is -2.13. The Morgan fingerprint density at radius 3 is 2.88 bits per heavy atom. The van der Waals surface area contributed by atoms with Gasteiger partial charge in [0.2, 0.25) is 0 Å². The van der Waals surface area contributed by atoms with Crippen LogP contribution < -0.4 is 10.5 Å². The fraction of sp³-hybridized carbons (Fsp3) is 0.364. The molecule has 0 spiro atoms. The van der Waals surface area contributed by atoms with Gasteiger partial charge < -0.3 is 10.5 Å². The maximum absolute atomic E-state index is 10.9. The van der Waals surface area contributed by atoms with E-state index in [1.807, 2.05) is 0 Å². The maximum atomic E-state index is 10.9. The number of nitrogens with two attached hydrogens (primary N) is 1. The molecule has 1 heterocycles. The number of ether oxygens (including phenoxy) is 1. The number of hydrogen-bond donors (Lipinski definition) is 1. The summed E-state index contributed by atoms with van der Waals surface area (Å²) in [5.74, 6) is 5.62. The summed E-state index contributed by atoms with van der Waals surface area (Å²) in [4.78, 5) is 14.2. The van der Waals surface area contributed by atoms with Gasteiger partial charge in [-0.1, -0.05) is 11.8 Å². The number of nitro groups is 1. The normalized spacial score (nSPS) is 9.35. The van der Waals surface area contributed by atoms with Gasteiger partial charge in [0.15, 0.2) is 0 Å². The minimum absolute atomic E-state index is 0.00289. The van der Waals surface area contributed by atoms with Crippen LogP contribution in [0.3, 0.4) is 0 Å². The molecule has 0 amide bonds. The summed E-state index contributed by atoms with van der Waals surface area (Å²) in [6.45, 7) is 2.08. The Bertz CT molecular complexity index is 489. The predicted octanol–water partition coefficient (Wildman–Crippen LogP) is 1.01. The highest BCUT2D eigenvalue weighted by Gasteiger charge is 2.21. The Morgan fingerprint density at radius 2 is 2.35 bits per heavy atom. The first-order chi connectivity index (χ1) is 8.11. The highest BCUT2D eigenvalue weighted by molar-refractivity contribution is 5.55. The molecule has 0 unspecified atom stereocenters. The quantitative estimate of drug-likeness (QED) is 0.479. The van der Waals surface area contributed by atoms with E-state index in [0.717, 1.165) is 0 Å². The van der Waals surface area contributed by atoms with Crippen LogP contribution in [0, 0.1) is 28.9 Å². The van der Waals surface area contributed by atoms with Crippen molar-refractivity contribution in [1.29, 1.82) is 0 Å². The molecule has 1 aromatic rings. The lowest BCUT2D eigenvalue weighted by molar-refractivity contribution is -0.386.